The van der Waals surface area contributed by atoms with Gasteiger partial charge in [0.2, 0.25) is 0 Å². The molecule has 0 radical (unpaired) electrons. The molecule has 0 saturated carbocycles. The second kappa shape index (κ2) is 17.9. The van der Waals surface area contributed by atoms with E-state index in [1.165, 1.54) is 56.3 Å². The number of benzene rings is 2. The molecule has 54 heavy (non-hydrogen) atoms. The first-order valence-corrected chi connectivity index (χ1v) is 17.1. The monoisotopic (exact) mass is 770 g/mol. The summed E-state index contributed by atoms with van der Waals surface area (Å²) in [6, 6.07) is 7.83. The third-order valence-corrected chi connectivity index (χ3v) is 9.32. The predicted octanol–water partition coefficient (Wildman–Crippen LogP) is -2.16. The number of hydrogen-bond acceptors (Lipinski definition) is 19. The van der Waals surface area contributed by atoms with Crippen LogP contribution in [0.3, 0.4) is 0 Å². The molecule has 2 aromatic rings. The third kappa shape index (κ3) is 9.58. The van der Waals surface area contributed by atoms with Crippen molar-refractivity contribution in [2.75, 3.05) is 13.2 Å². The molecule has 0 aliphatic carbocycles. The topological polar surface area (TPSA) is 304 Å². The summed E-state index contributed by atoms with van der Waals surface area (Å²) in [5, 5.41) is 113. The fraction of sp³-hybridized carbons (Fsp3) is 0.571. The summed E-state index contributed by atoms with van der Waals surface area (Å²) < 4.78 is 40.4. The van der Waals surface area contributed by atoms with Crippen LogP contribution >= 0.6 is 0 Å². The Morgan fingerprint density at radius 2 is 1.22 bits per heavy atom. The molecule has 0 amide bonds. The SMILES string of the molecule is C[C@@H]1O[C@@H](O[C@@H]2[C@@H](O)[C@H](OCCc3ccc(O)c(O)c3)O[C@H](CO[C@H]3O[C@H](C)[C@@H](O)[C@H](O)[C@@H]3O)[C@H]2OC(=O)C=Cc2ccc(O)c(O)c2)[C@H](O)[C@H](O)[C@H]1O. The van der Waals surface area contributed by atoms with Gasteiger partial charge in [-0.3, -0.25) is 0 Å². The van der Waals surface area contributed by atoms with Crippen molar-refractivity contribution < 1.29 is 94.1 Å². The van der Waals surface area contributed by atoms with E-state index in [0.29, 0.717) is 5.56 Å². The second-order valence-electron chi connectivity index (χ2n) is 13.3. The summed E-state index contributed by atoms with van der Waals surface area (Å²) in [5.74, 6) is -2.62. The first kappa shape index (κ1) is 41.5. The number of aliphatic hydroxyl groups is 7. The van der Waals surface area contributed by atoms with E-state index in [1.54, 1.807) is 0 Å². The van der Waals surface area contributed by atoms with Gasteiger partial charge in [-0.1, -0.05) is 12.1 Å². The van der Waals surface area contributed by atoms with Crippen LogP contribution in [0, 0.1) is 0 Å². The summed E-state index contributed by atoms with van der Waals surface area (Å²) >= 11 is 0. The lowest BCUT2D eigenvalue weighted by atomic mass is 9.96. The molecular formula is C35H46O19. The van der Waals surface area contributed by atoms with Gasteiger partial charge in [0.05, 0.1) is 25.4 Å². The molecular weight excluding hydrogens is 724 g/mol. The van der Waals surface area contributed by atoms with Gasteiger partial charge in [0.15, 0.2) is 48.0 Å². The zero-order valence-electron chi connectivity index (χ0n) is 29.1. The van der Waals surface area contributed by atoms with Crippen molar-refractivity contribution in [3.8, 4) is 23.0 Å². The molecule has 19 heteroatoms. The zero-order valence-corrected chi connectivity index (χ0v) is 29.1. The lowest BCUT2D eigenvalue weighted by Crippen LogP contribution is -2.65. The Bertz CT molecular complexity index is 1590. The standard InChI is InChI=1S/C35H46O19/c1-14-24(41)26(43)28(45)33(50-14)49-13-22-31(53-23(40)8-5-16-3-6-18(36)20(38)11-16)32(54-35-29(46)27(44)25(42)15(2)51-35)30(47)34(52-22)48-10-9-17-4-7-19(37)21(39)12-17/h3-8,11-12,14-15,22,24-39,41-47H,9-10,13H2,1-2H3/t14-,15+,22-,24-,25+,26+,27-,28+,29-,30-,31-,32-,33+,34-,35+/m1/s1. The molecule has 15 atom stereocenters. The van der Waals surface area contributed by atoms with Crippen LogP contribution in [-0.2, 0) is 44.4 Å². The first-order valence-electron chi connectivity index (χ1n) is 17.1. The number of esters is 1. The minimum atomic E-state index is -1.86. The maximum atomic E-state index is 13.3. The fourth-order valence-electron chi connectivity index (χ4n) is 6.08. The number of rotatable bonds is 12. The van der Waals surface area contributed by atoms with Crippen molar-refractivity contribution in [1.82, 2.24) is 0 Å². The lowest BCUT2D eigenvalue weighted by molar-refractivity contribution is -0.363. The molecule has 11 N–H and O–H groups in total. The Morgan fingerprint density at radius 3 is 1.85 bits per heavy atom. The number of hydrogen-bond donors (Lipinski definition) is 11. The summed E-state index contributed by atoms with van der Waals surface area (Å²) in [6.45, 7) is 2.06. The molecule has 0 unspecified atom stereocenters. The third-order valence-electron chi connectivity index (χ3n) is 9.32. The maximum absolute atomic E-state index is 13.3. The van der Waals surface area contributed by atoms with Crippen LogP contribution in [0.25, 0.3) is 6.08 Å². The van der Waals surface area contributed by atoms with Crippen LogP contribution in [-0.4, -0.2) is 167 Å². The highest BCUT2D eigenvalue weighted by Gasteiger charge is 2.53. The first-order chi connectivity index (χ1) is 25.5. The van der Waals surface area contributed by atoms with Gasteiger partial charge in [0.1, 0.15) is 54.9 Å². The van der Waals surface area contributed by atoms with Gasteiger partial charge in [-0.25, -0.2) is 4.79 Å². The van der Waals surface area contributed by atoms with E-state index in [0.717, 1.165) is 6.08 Å². The van der Waals surface area contributed by atoms with Gasteiger partial charge in [-0.05, 0) is 61.7 Å². The number of aromatic hydroxyl groups is 4. The van der Waals surface area contributed by atoms with Crippen molar-refractivity contribution in [2.45, 2.75) is 112 Å². The van der Waals surface area contributed by atoms with Crippen molar-refractivity contribution in [3.05, 3.63) is 53.6 Å². The van der Waals surface area contributed by atoms with Crippen LogP contribution in [0.5, 0.6) is 23.0 Å². The van der Waals surface area contributed by atoms with Gasteiger partial charge in [0, 0.05) is 6.08 Å². The second-order valence-corrected chi connectivity index (χ2v) is 13.3. The molecule has 3 heterocycles. The van der Waals surface area contributed by atoms with Crippen LogP contribution in [0.2, 0.25) is 0 Å². The molecule has 3 saturated heterocycles. The Kier molecular flexibility index (Phi) is 13.7. The highest BCUT2D eigenvalue weighted by Crippen LogP contribution is 2.33. The minimum absolute atomic E-state index is 0.134. The Balaban J connectivity index is 1.43. The quantitative estimate of drug-likeness (QED) is 0.0622. The van der Waals surface area contributed by atoms with E-state index in [2.05, 4.69) is 0 Å². The smallest absolute Gasteiger partial charge is 0.331 e. The molecule has 0 aromatic heterocycles. The van der Waals surface area contributed by atoms with Crippen molar-refractivity contribution in [1.29, 1.82) is 0 Å². The average Bonchev–Trinajstić information content (AvgIpc) is 3.14. The number of phenolic OH excluding ortho intramolecular Hbond substituents is 4. The number of ether oxygens (including phenoxy) is 7. The predicted molar refractivity (Wildman–Crippen MR) is 178 cm³/mol. The van der Waals surface area contributed by atoms with Crippen molar-refractivity contribution >= 4 is 12.0 Å². The largest absolute Gasteiger partial charge is 0.504 e. The van der Waals surface area contributed by atoms with Gasteiger partial charge in [0.25, 0.3) is 0 Å². The van der Waals surface area contributed by atoms with Crippen LogP contribution in [0.1, 0.15) is 25.0 Å². The zero-order chi connectivity index (χ0) is 39.4. The van der Waals surface area contributed by atoms with Crippen LogP contribution in [0.4, 0.5) is 0 Å². The minimum Gasteiger partial charge on any atom is -0.504 e. The van der Waals surface area contributed by atoms with Gasteiger partial charge in [-0.2, -0.15) is 0 Å². The van der Waals surface area contributed by atoms with E-state index >= 15 is 0 Å². The van der Waals surface area contributed by atoms with E-state index in [9.17, 15) is 61.0 Å². The summed E-state index contributed by atoms with van der Waals surface area (Å²) in [5.41, 5.74) is 0.811. The molecule has 2 aromatic carbocycles. The summed E-state index contributed by atoms with van der Waals surface area (Å²) in [4.78, 5) is 13.3. The molecule has 19 nitrogen and oxygen atoms in total. The van der Waals surface area contributed by atoms with E-state index in [4.69, 9.17) is 33.2 Å². The highest BCUT2D eigenvalue weighted by molar-refractivity contribution is 5.87. The Labute approximate surface area is 308 Å². The molecule has 5 rings (SSSR count). The number of carbonyl (C=O) groups excluding carboxylic acids is 1. The highest BCUT2D eigenvalue weighted by atomic mass is 16.8. The summed E-state index contributed by atoms with van der Waals surface area (Å²) in [7, 11) is 0. The molecule has 300 valence electrons. The van der Waals surface area contributed by atoms with Crippen molar-refractivity contribution in [2.24, 2.45) is 0 Å². The molecule has 0 spiro atoms. The van der Waals surface area contributed by atoms with Gasteiger partial charge >= 0.3 is 5.97 Å². The number of aliphatic hydroxyl groups excluding tert-OH is 7. The molecule has 0 bridgehead atoms. The Morgan fingerprint density at radius 1 is 0.648 bits per heavy atom. The van der Waals surface area contributed by atoms with Crippen molar-refractivity contribution in [3.63, 3.8) is 0 Å². The number of carbonyl (C=O) groups is 1. The molecule has 3 fully saturated rings. The van der Waals surface area contributed by atoms with Crippen LogP contribution < -0.4 is 0 Å². The van der Waals surface area contributed by atoms with E-state index < -0.39 is 116 Å². The van der Waals surface area contributed by atoms with Gasteiger partial charge in [-0.15, -0.1) is 0 Å². The maximum Gasteiger partial charge on any atom is 0.331 e. The lowest BCUT2D eigenvalue weighted by Gasteiger charge is -2.47. The van der Waals surface area contributed by atoms with Gasteiger partial charge < -0.3 is 89.3 Å². The summed E-state index contributed by atoms with van der Waals surface area (Å²) in [6.07, 6.45) is -21.1. The normalized spacial score (nSPS) is 37.3. The fourth-order valence-corrected chi connectivity index (χ4v) is 6.08. The van der Waals surface area contributed by atoms with E-state index in [-0.39, 0.29) is 30.1 Å². The average molecular weight is 771 g/mol. The van der Waals surface area contributed by atoms with Crippen LogP contribution in [0.15, 0.2) is 42.5 Å². The molecule has 3 aliphatic heterocycles. The molecule has 3 aliphatic rings. The number of phenols is 4. The van der Waals surface area contributed by atoms with E-state index in [1.807, 2.05) is 0 Å². The Hall–Kier alpha value is -3.67.